The molecule has 0 saturated carbocycles. The van der Waals surface area contributed by atoms with Gasteiger partial charge in [-0.3, -0.25) is 9.59 Å². The molecule has 0 aliphatic carbocycles. The highest BCUT2D eigenvalue weighted by atomic mass is 16.5. The summed E-state index contributed by atoms with van der Waals surface area (Å²) in [6.07, 6.45) is 1.92. The predicted octanol–water partition coefficient (Wildman–Crippen LogP) is 4.02. The topological polar surface area (TPSA) is 58.6 Å². The molecule has 1 atom stereocenters. The number of nitrogens with one attached hydrogen (secondary N) is 1. The van der Waals surface area contributed by atoms with Gasteiger partial charge in [-0.25, -0.2) is 0 Å². The van der Waals surface area contributed by atoms with Crippen molar-refractivity contribution >= 4 is 11.8 Å². The third kappa shape index (κ3) is 6.93. The van der Waals surface area contributed by atoms with Crippen LogP contribution >= 0.6 is 0 Å². The number of benzene rings is 2. The number of carbonyl (C=O) groups is 2. The zero-order valence-electron chi connectivity index (χ0n) is 17.9. The van der Waals surface area contributed by atoms with Crippen LogP contribution in [0.5, 0.6) is 5.75 Å². The van der Waals surface area contributed by atoms with Gasteiger partial charge in [-0.2, -0.15) is 0 Å². The first-order chi connectivity index (χ1) is 13.9. The van der Waals surface area contributed by atoms with E-state index in [1.165, 1.54) is 0 Å². The third-order valence-corrected chi connectivity index (χ3v) is 4.88. The molecule has 0 aromatic heterocycles. The lowest BCUT2D eigenvalue weighted by molar-refractivity contribution is -0.142. The average Bonchev–Trinajstić information content (AvgIpc) is 2.71. The van der Waals surface area contributed by atoms with Crippen molar-refractivity contribution in [2.24, 2.45) is 0 Å². The molecule has 0 saturated heterocycles. The SMILES string of the molecule is CCCCNC(=O)[C@H](C)N(Cc1cccc(C)c1)C(=O)COc1ccccc1C. The highest BCUT2D eigenvalue weighted by molar-refractivity contribution is 5.87. The summed E-state index contributed by atoms with van der Waals surface area (Å²) < 4.78 is 5.75. The molecule has 0 bridgehead atoms. The summed E-state index contributed by atoms with van der Waals surface area (Å²) in [5.74, 6) is 0.319. The molecule has 0 unspecified atom stereocenters. The second-order valence-electron chi connectivity index (χ2n) is 7.39. The fourth-order valence-electron chi connectivity index (χ4n) is 3.07. The maximum absolute atomic E-state index is 13.0. The summed E-state index contributed by atoms with van der Waals surface area (Å²) in [5.41, 5.74) is 3.07. The van der Waals surface area contributed by atoms with Gasteiger partial charge >= 0.3 is 0 Å². The maximum Gasteiger partial charge on any atom is 0.261 e. The van der Waals surface area contributed by atoms with Gasteiger partial charge in [-0.05, 0) is 44.4 Å². The van der Waals surface area contributed by atoms with Gasteiger partial charge in [-0.1, -0.05) is 61.4 Å². The molecule has 0 spiro atoms. The first kappa shape index (κ1) is 22.5. The van der Waals surface area contributed by atoms with Crippen molar-refractivity contribution in [3.05, 3.63) is 65.2 Å². The van der Waals surface area contributed by atoms with Crippen LogP contribution in [-0.2, 0) is 16.1 Å². The number of carbonyl (C=O) groups excluding carboxylic acids is 2. The Bertz CT molecular complexity index is 819. The van der Waals surface area contributed by atoms with Crippen molar-refractivity contribution in [2.45, 2.75) is 53.1 Å². The van der Waals surface area contributed by atoms with E-state index in [0.717, 1.165) is 29.5 Å². The molecular formula is C24H32N2O3. The molecule has 0 heterocycles. The molecule has 0 aliphatic heterocycles. The number of para-hydroxylation sites is 1. The lowest BCUT2D eigenvalue weighted by atomic mass is 10.1. The molecule has 2 amide bonds. The number of hydrogen-bond acceptors (Lipinski definition) is 3. The Hall–Kier alpha value is -2.82. The number of ether oxygens (including phenoxy) is 1. The van der Waals surface area contributed by atoms with Crippen molar-refractivity contribution < 1.29 is 14.3 Å². The summed E-state index contributed by atoms with van der Waals surface area (Å²) in [6.45, 7) is 8.66. The van der Waals surface area contributed by atoms with Crippen LogP contribution in [0.1, 0.15) is 43.4 Å². The number of hydrogen-bond donors (Lipinski definition) is 1. The molecule has 1 N–H and O–H groups in total. The van der Waals surface area contributed by atoms with E-state index < -0.39 is 6.04 Å². The van der Waals surface area contributed by atoms with Gasteiger partial charge in [0.25, 0.3) is 5.91 Å². The fraction of sp³-hybridized carbons (Fsp3) is 0.417. The fourth-order valence-corrected chi connectivity index (χ4v) is 3.07. The predicted molar refractivity (Wildman–Crippen MR) is 116 cm³/mol. The second-order valence-corrected chi connectivity index (χ2v) is 7.39. The van der Waals surface area contributed by atoms with Crippen molar-refractivity contribution in [3.63, 3.8) is 0 Å². The smallest absolute Gasteiger partial charge is 0.261 e. The largest absolute Gasteiger partial charge is 0.484 e. The molecule has 29 heavy (non-hydrogen) atoms. The van der Waals surface area contributed by atoms with E-state index in [0.29, 0.717) is 18.8 Å². The standard InChI is InChI=1S/C24H32N2O3/c1-5-6-14-25-24(28)20(4)26(16-21-12-9-10-18(2)15-21)23(27)17-29-22-13-8-7-11-19(22)3/h7-13,15,20H,5-6,14,16-17H2,1-4H3,(H,25,28)/t20-/m0/s1. The van der Waals surface area contributed by atoms with E-state index in [2.05, 4.69) is 12.2 Å². The van der Waals surface area contributed by atoms with Gasteiger partial charge in [0.15, 0.2) is 6.61 Å². The summed E-state index contributed by atoms with van der Waals surface area (Å²) >= 11 is 0. The highest BCUT2D eigenvalue weighted by Gasteiger charge is 2.26. The summed E-state index contributed by atoms with van der Waals surface area (Å²) in [4.78, 5) is 27.2. The minimum atomic E-state index is -0.583. The average molecular weight is 397 g/mol. The number of unbranched alkanes of at least 4 members (excludes halogenated alkanes) is 1. The monoisotopic (exact) mass is 396 g/mol. The second kappa shape index (κ2) is 11.2. The Morgan fingerprint density at radius 3 is 2.55 bits per heavy atom. The van der Waals surface area contributed by atoms with E-state index >= 15 is 0 Å². The first-order valence-corrected chi connectivity index (χ1v) is 10.2. The van der Waals surface area contributed by atoms with Crippen LogP contribution < -0.4 is 10.1 Å². The summed E-state index contributed by atoms with van der Waals surface area (Å²) in [5, 5.41) is 2.93. The van der Waals surface area contributed by atoms with Gasteiger partial charge in [-0.15, -0.1) is 0 Å². The minimum Gasteiger partial charge on any atom is -0.484 e. The van der Waals surface area contributed by atoms with Crippen LogP contribution in [0.15, 0.2) is 48.5 Å². The quantitative estimate of drug-likeness (QED) is 0.617. The van der Waals surface area contributed by atoms with Crippen molar-refractivity contribution in [3.8, 4) is 5.75 Å². The number of nitrogens with zero attached hydrogens (tertiary/aromatic N) is 1. The van der Waals surface area contributed by atoms with Crippen LogP contribution in [0.25, 0.3) is 0 Å². The lowest BCUT2D eigenvalue weighted by Crippen LogP contribution is -2.49. The summed E-state index contributed by atoms with van der Waals surface area (Å²) in [6, 6.07) is 15.0. The van der Waals surface area contributed by atoms with Crippen LogP contribution in [-0.4, -0.2) is 35.9 Å². The van der Waals surface area contributed by atoms with E-state index in [1.54, 1.807) is 11.8 Å². The molecule has 2 aromatic rings. The van der Waals surface area contributed by atoms with E-state index in [4.69, 9.17) is 4.74 Å². The third-order valence-electron chi connectivity index (χ3n) is 4.88. The van der Waals surface area contributed by atoms with E-state index in [1.807, 2.05) is 62.4 Å². The van der Waals surface area contributed by atoms with Crippen molar-refractivity contribution in [2.75, 3.05) is 13.2 Å². The molecule has 156 valence electrons. The van der Waals surface area contributed by atoms with Gasteiger partial charge < -0.3 is 15.0 Å². The Labute approximate surface area is 174 Å². The van der Waals surface area contributed by atoms with Crippen LogP contribution in [0.3, 0.4) is 0 Å². The first-order valence-electron chi connectivity index (χ1n) is 10.2. The molecular weight excluding hydrogens is 364 g/mol. The summed E-state index contributed by atoms with van der Waals surface area (Å²) in [7, 11) is 0. The van der Waals surface area contributed by atoms with Crippen LogP contribution in [0.2, 0.25) is 0 Å². The van der Waals surface area contributed by atoms with E-state index in [9.17, 15) is 9.59 Å². The van der Waals surface area contributed by atoms with Gasteiger partial charge in [0.05, 0.1) is 0 Å². The molecule has 5 heteroatoms. The van der Waals surface area contributed by atoms with Crippen molar-refractivity contribution in [1.82, 2.24) is 10.2 Å². The minimum absolute atomic E-state index is 0.108. The zero-order valence-corrected chi connectivity index (χ0v) is 17.9. The van der Waals surface area contributed by atoms with Crippen LogP contribution in [0.4, 0.5) is 0 Å². The van der Waals surface area contributed by atoms with E-state index in [-0.39, 0.29) is 18.4 Å². The van der Waals surface area contributed by atoms with Gasteiger partial charge in [0.1, 0.15) is 11.8 Å². The van der Waals surface area contributed by atoms with Gasteiger partial charge in [0.2, 0.25) is 5.91 Å². The molecule has 0 radical (unpaired) electrons. The normalized spacial score (nSPS) is 11.6. The Balaban J connectivity index is 2.12. The maximum atomic E-state index is 13.0. The number of aryl methyl sites for hydroxylation is 2. The number of rotatable bonds is 10. The molecule has 2 rings (SSSR count). The number of amides is 2. The lowest BCUT2D eigenvalue weighted by Gasteiger charge is -2.29. The zero-order chi connectivity index (χ0) is 21.2. The Morgan fingerprint density at radius 2 is 1.86 bits per heavy atom. The molecule has 5 nitrogen and oxygen atoms in total. The Kier molecular flexibility index (Phi) is 8.71. The van der Waals surface area contributed by atoms with Crippen LogP contribution in [0, 0.1) is 13.8 Å². The van der Waals surface area contributed by atoms with Crippen molar-refractivity contribution in [1.29, 1.82) is 0 Å². The van der Waals surface area contributed by atoms with Gasteiger partial charge in [0, 0.05) is 13.1 Å². The molecule has 0 aliphatic rings. The Morgan fingerprint density at radius 1 is 1.10 bits per heavy atom. The molecule has 2 aromatic carbocycles. The molecule has 0 fully saturated rings. The highest BCUT2D eigenvalue weighted by Crippen LogP contribution is 2.17.